The zero-order valence-electron chi connectivity index (χ0n) is 11.0. The minimum Gasteiger partial charge on any atom is -0.373 e. The summed E-state index contributed by atoms with van der Waals surface area (Å²) in [5, 5.41) is 3.16. The van der Waals surface area contributed by atoms with Gasteiger partial charge in [-0.2, -0.15) is 11.8 Å². The topological polar surface area (TPSA) is 15.3 Å². The number of hydrogen-bond donors (Lipinski definition) is 1. The predicted molar refractivity (Wildman–Crippen MR) is 75.5 cm³/mol. The van der Waals surface area contributed by atoms with Crippen molar-refractivity contribution >= 4 is 17.4 Å². The number of nitrogens with zero attached hydrogens (tertiary/aromatic N) is 1. The summed E-state index contributed by atoms with van der Waals surface area (Å²) in [6.45, 7) is 3.01. The Morgan fingerprint density at radius 3 is 2.76 bits per heavy atom. The van der Waals surface area contributed by atoms with Gasteiger partial charge in [0.2, 0.25) is 0 Å². The van der Waals surface area contributed by atoms with Crippen molar-refractivity contribution in [2.45, 2.75) is 13.0 Å². The largest absolute Gasteiger partial charge is 0.373 e. The summed E-state index contributed by atoms with van der Waals surface area (Å²) in [5.74, 6) is 0.894. The number of nitrogens with one attached hydrogen (secondary N) is 1. The molecule has 1 aromatic rings. The van der Waals surface area contributed by atoms with Gasteiger partial charge >= 0.3 is 0 Å². The molecule has 17 heavy (non-hydrogen) atoms. The fourth-order valence-corrected chi connectivity index (χ4v) is 2.18. The third-order valence-electron chi connectivity index (χ3n) is 2.93. The second kappa shape index (κ2) is 6.87. The maximum absolute atomic E-state index is 13.3. The zero-order valence-corrected chi connectivity index (χ0v) is 11.8. The van der Waals surface area contributed by atoms with Crippen molar-refractivity contribution in [1.82, 2.24) is 5.32 Å². The average Bonchev–Trinajstić information content (AvgIpc) is 2.34. The fourth-order valence-electron chi connectivity index (χ4n) is 1.72. The molecule has 0 amide bonds. The standard InChI is InChI=1S/C13H21FN2S/c1-10(15-2)12-9-11(14)5-6-13(12)16(3)7-8-17-4/h5-6,9-10,15H,7-8H2,1-4H3. The lowest BCUT2D eigenvalue weighted by Gasteiger charge is -2.25. The highest BCUT2D eigenvalue weighted by Gasteiger charge is 2.13. The fraction of sp³-hybridized carbons (Fsp3) is 0.538. The van der Waals surface area contributed by atoms with E-state index >= 15 is 0 Å². The molecule has 0 aromatic heterocycles. The Morgan fingerprint density at radius 2 is 2.18 bits per heavy atom. The van der Waals surface area contributed by atoms with E-state index in [-0.39, 0.29) is 11.9 Å². The molecule has 0 aliphatic heterocycles. The Balaban J connectivity index is 2.96. The van der Waals surface area contributed by atoms with Gasteiger partial charge in [-0.25, -0.2) is 4.39 Å². The molecule has 0 radical (unpaired) electrons. The molecule has 0 fully saturated rings. The van der Waals surface area contributed by atoms with Gasteiger partial charge in [-0.05, 0) is 44.0 Å². The second-order valence-corrected chi connectivity index (χ2v) is 5.11. The Morgan fingerprint density at radius 1 is 1.47 bits per heavy atom. The number of benzene rings is 1. The molecule has 1 atom stereocenters. The summed E-state index contributed by atoms with van der Waals surface area (Å²) in [4.78, 5) is 2.18. The van der Waals surface area contributed by atoms with Gasteiger partial charge in [-0.3, -0.25) is 0 Å². The smallest absolute Gasteiger partial charge is 0.123 e. The summed E-state index contributed by atoms with van der Waals surface area (Å²) < 4.78 is 13.3. The van der Waals surface area contributed by atoms with Gasteiger partial charge in [-0.15, -0.1) is 0 Å². The van der Waals surface area contributed by atoms with E-state index in [4.69, 9.17) is 0 Å². The third-order valence-corrected chi connectivity index (χ3v) is 3.52. The molecule has 2 nitrogen and oxygen atoms in total. The lowest BCUT2D eigenvalue weighted by molar-refractivity contribution is 0.607. The first-order valence-electron chi connectivity index (χ1n) is 5.77. The molecule has 1 N–H and O–H groups in total. The Bertz CT molecular complexity index is 357. The van der Waals surface area contributed by atoms with Crippen LogP contribution in [0.2, 0.25) is 0 Å². The molecule has 0 aliphatic rings. The Hall–Kier alpha value is -0.740. The number of rotatable bonds is 6. The van der Waals surface area contributed by atoms with E-state index in [1.54, 1.807) is 6.07 Å². The van der Waals surface area contributed by atoms with Crippen LogP contribution in [-0.4, -0.2) is 32.6 Å². The van der Waals surface area contributed by atoms with Crippen LogP contribution in [0, 0.1) is 5.82 Å². The van der Waals surface area contributed by atoms with Crippen molar-refractivity contribution in [2.75, 3.05) is 37.5 Å². The van der Waals surface area contributed by atoms with Crippen molar-refractivity contribution in [3.63, 3.8) is 0 Å². The highest BCUT2D eigenvalue weighted by atomic mass is 32.2. The van der Waals surface area contributed by atoms with Crippen molar-refractivity contribution in [3.8, 4) is 0 Å². The lowest BCUT2D eigenvalue weighted by atomic mass is 10.1. The number of halogens is 1. The van der Waals surface area contributed by atoms with Gasteiger partial charge in [0.15, 0.2) is 0 Å². The number of anilines is 1. The molecule has 1 rings (SSSR count). The molecule has 0 spiro atoms. The maximum Gasteiger partial charge on any atom is 0.123 e. The summed E-state index contributed by atoms with van der Waals surface area (Å²) in [6.07, 6.45) is 2.09. The molecule has 0 saturated heterocycles. The Labute approximate surface area is 108 Å². The normalized spacial score (nSPS) is 12.5. The first-order valence-corrected chi connectivity index (χ1v) is 7.16. The lowest BCUT2D eigenvalue weighted by Crippen LogP contribution is -2.24. The van der Waals surface area contributed by atoms with Crippen molar-refractivity contribution in [3.05, 3.63) is 29.6 Å². The van der Waals surface area contributed by atoms with Crippen molar-refractivity contribution in [1.29, 1.82) is 0 Å². The highest BCUT2D eigenvalue weighted by Crippen LogP contribution is 2.26. The van der Waals surface area contributed by atoms with Gasteiger partial charge in [0.25, 0.3) is 0 Å². The molecular formula is C13H21FN2S. The molecule has 0 aliphatic carbocycles. The highest BCUT2D eigenvalue weighted by molar-refractivity contribution is 7.98. The van der Waals surface area contributed by atoms with E-state index < -0.39 is 0 Å². The van der Waals surface area contributed by atoms with Gasteiger partial charge in [0.1, 0.15) is 5.82 Å². The maximum atomic E-state index is 13.3. The van der Waals surface area contributed by atoms with E-state index in [2.05, 4.69) is 23.5 Å². The van der Waals surface area contributed by atoms with E-state index in [0.717, 1.165) is 23.5 Å². The average molecular weight is 256 g/mol. The van der Waals surface area contributed by atoms with Crippen LogP contribution in [0.15, 0.2) is 18.2 Å². The van der Waals surface area contributed by atoms with Crippen LogP contribution in [0.25, 0.3) is 0 Å². The van der Waals surface area contributed by atoms with E-state index in [1.165, 1.54) is 6.07 Å². The van der Waals surface area contributed by atoms with Gasteiger partial charge in [-0.1, -0.05) is 0 Å². The quantitative estimate of drug-likeness (QED) is 0.842. The summed E-state index contributed by atoms with van der Waals surface area (Å²) >= 11 is 1.82. The van der Waals surface area contributed by atoms with Crippen LogP contribution in [0.5, 0.6) is 0 Å². The molecular weight excluding hydrogens is 235 g/mol. The number of thioether (sulfide) groups is 1. The first-order chi connectivity index (χ1) is 8.10. The summed E-state index contributed by atoms with van der Waals surface area (Å²) in [7, 11) is 3.94. The first kappa shape index (κ1) is 14.3. The third kappa shape index (κ3) is 3.89. The van der Waals surface area contributed by atoms with Crippen LogP contribution >= 0.6 is 11.8 Å². The van der Waals surface area contributed by atoms with Gasteiger partial charge in [0.05, 0.1) is 0 Å². The van der Waals surface area contributed by atoms with Crippen LogP contribution < -0.4 is 10.2 Å². The van der Waals surface area contributed by atoms with Gasteiger partial charge in [0, 0.05) is 31.1 Å². The van der Waals surface area contributed by atoms with E-state index in [9.17, 15) is 4.39 Å². The van der Waals surface area contributed by atoms with E-state index in [0.29, 0.717) is 0 Å². The molecule has 0 heterocycles. The van der Waals surface area contributed by atoms with Crippen LogP contribution in [0.4, 0.5) is 10.1 Å². The van der Waals surface area contributed by atoms with Gasteiger partial charge < -0.3 is 10.2 Å². The Kier molecular flexibility index (Phi) is 5.78. The van der Waals surface area contributed by atoms with Crippen molar-refractivity contribution in [2.24, 2.45) is 0 Å². The molecule has 4 heteroatoms. The SMILES string of the molecule is CNC(C)c1cc(F)ccc1N(C)CCSC. The van der Waals surface area contributed by atoms with Crippen LogP contribution in [0.3, 0.4) is 0 Å². The predicted octanol–water partition coefficient (Wildman–Crippen LogP) is 2.91. The summed E-state index contributed by atoms with van der Waals surface area (Å²) in [6, 6.07) is 5.15. The minimum atomic E-state index is -0.177. The molecule has 1 unspecified atom stereocenters. The summed E-state index contributed by atoms with van der Waals surface area (Å²) in [5.41, 5.74) is 2.11. The molecule has 96 valence electrons. The second-order valence-electron chi connectivity index (χ2n) is 4.13. The zero-order chi connectivity index (χ0) is 12.8. The monoisotopic (exact) mass is 256 g/mol. The molecule has 1 aromatic carbocycles. The molecule has 0 bridgehead atoms. The van der Waals surface area contributed by atoms with E-state index in [1.807, 2.05) is 31.8 Å². The molecule has 0 saturated carbocycles. The minimum absolute atomic E-state index is 0.150. The van der Waals surface area contributed by atoms with Crippen molar-refractivity contribution < 1.29 is 4.39 Å². The van der Waals surface area contributed by atoms with Crippen LogP contribution in [0.1, 0.15) is 18.5 Å². The van der Waals surface area contributed by atoms with Crippen LogP contribution in [-0.2, 0) is 0 Å². The number of hydrogen-bond acceptors (Lipinski definition) is 3.